The van der Waals surface area contributed by atoms with E-state index in [-0.39, 0.29) is 12.0 Å². The Kier molecular flexibility index (Phi) is 3.93. The first-order valence-corrected chi connectivity index (χ1v) is 6.24. The lowest BCUT2D eigenvalue weighted by Crippen LogP contribution is -2.32. The van der Waals surface area contributed by atoms with E-state index < -0.39 is 6.10 Å². The highest BCUT2D eigenvalue weighted by molar-refractivity contribution is 7.09. The number of hydrogen-bond acceptors (Lipinski definition) is 5. The third-order valence-electron chi connectivity index (χ3n) is 2.57. The standard InChI is InChI=1S/C11H15NO3S/c13-8-6-10(12-7-8)11(14)15-4-3-9-2-1-5-16-9/h1-2,5,8,10,12-13H,3-4,6-7H2/t8?,10-/m0/s1. The number of thiophene rings is 1. The number of ether oxygens (including phenoxy) is 1. The second-order valence-corrected chi connectivity index (χ2v) is 4.88. The third kappa shape index (κ3) is 3.04. The molecular weight excluding hydrogens is 226 g/mol. The number of carbonyl (C=O) groups is 1. The molecule has 0 amide bonds. The molecule has 1 aliphatic heterocycles. The molecule has 1 aliphatic rings. The van der Waals surface area contributed by atoms with Crippen molar-refractivity contribution < 1.29 is 14.6 Å². The van der Waals surface area contributed by atoms with Crippen molar-refractivity contribution in [3.63, 3.8) is 0 Å². The zero-order valence-corrected chi connectivity index (χ0v) is 9.70. The minimum absolute atomic E-state index is 0.256. The molecule has 0 spiro atoms. The minimum atomic E-state index is -0.421. The maximum Gasteiger partial charge on any atom is 0.323 e. The first kappa shape index (κ1) is 11.6. The van der Waals surface area contributed by atoms with Crippen molar-refractivity contribution in [3.8, 4) is 0 Å². The summed E-state index contributed by atoms with van der Waals surface area (Å²) in [6.07, 6.45) is 0.797. The van der Waals surface area contributed by atoms with Crippen LogP contribution < -0.4 is 5.32 Å². The van der Waals surface area contributed by atoms with Gasteiger partial charge in [-0.25, -0.2) is 0 Å². The van der Waals surface area contributed by atoms with Gasteiger partial charge in [-0.3, -0.25) is 4.79 Å². The maximum absolute atomic E-state index is 11.5. The fraction of sp³-hybridized carbons (Fsp3) is 0.545. The highest BCUT2D eigenvalue weighted by Gasteiger charge is 2.28. The van der Waals surface area contributed by atoms with Crippen LogP contribution in [0.2, 0.25) is 0 Å². The SMILES string of the molecule is O=C(OCCc1cccs1)[C@@H]1CC(O)CN1. The smallest absolute Gasteiger partial charge is 0.323 e. The van der Waals surface area contributed by atoms with Gasteiger partial charge in [0.1, 0.15) is 6.04 Å². The Morgan fingerprint density at radius 3 is 3.19 bits per heavy atom. The Labute approximate surface area is 98.2 Å². The van der Waals surface area contributed by atoms with Crippen molar-refractivity contribution in [2.24, 2.45) is 0 Å². The van der Waals surface area contributed by atoms with Crippen LogP contribution >= 0.6 is 11.3 Å². The van der Waals surface area contributed by atoms with Crippen LogP contribution in [0.5, 0.6) is 0 Å². The van der Waals surface area contributed by atoms with Crippen molar-refractivity contribution in [2.75, 3.05) is 13.2 Å². The molecule has 0 saturated carbocycles. The van der Waals surface area contributed by atoms with Crippen molar-refractivity contribution in [1.82, 2.24) is 5.32 Å². The molecule has 16 heavy (non-hydrogen) atoms. The predicted octanol–water partition coefficient (Wildman–Crippen LogP) is 0.557. The molecule has 1 fully saturated rings. The summed E-state index contributed by atoms with van der Waals surface area (Å²) >= 11 is 1.66. The number of aliphatic hydroxyl groups excluding tert-OH is 1. The lowest BCUT2D eigenvalue weighted by molar-refractivity contribution is -0.145. The molecule has 1 saturated heterocycles. The Morgan fingerprint density at radius 1 is 1.69 bits per heavy atom. The third-order valence-corrected chi connectivity index (χ3v) is 3.50. The summed E-state index contributed by atoms with van der Waals surface area (Å²) in [6, 6.07) is 3.67. The summed E-state index contributed by atoms with van der Waals surface area (Å²) in [4.78, 5) is 12.7. The summed E-state index contributed by atoms with van der Waals surface area (Å²) < 4.78 is 5.14. The monoisotopic (exact) mass is 241 g/mol. The van der Waals surface area contributed by atoms with Gasteiger partial charge in [0.25, 0.3) is 0 Å². The summed E-state index contributed by atoms with van der Waals surface area (Å²) in [6.45, 7) is 0.887. The Morgan fingerprint density at radius 2 is 2.56 bits per heavy atom. The molecule has 2 rings (SSSR count). The van der Waals surface area contributed by atoms with Crippen LogP contribution in [0, 0.1) is 0 Å². The van der Waals surface area contributed by atoms with E-state index in [1.807, 2.05) is 17.5 Å². The molecule has 0 aromatic carbocycles. The van der Waals surface area contributed by atoms with Gasteiger partial charge < -0.3 is 15.2 Å². The summed E-state index contributed by atoms with van der Waals surface area (Å²) in [5.74, 6) is -0.256. The number of nitrogens with one attached hydrogen (secondary N) is 1. The van der Waals surface area contributed by atoms with E-state index in [1.54, 1.807) is 11.3 Å². The van der Waals surface area contributed by atoms with Crippen LogP contribution in [0.15, 0.2) is 17.5 Å². The molecule has 1 aromatic heterocycles. The highest BCUT2D eigenvalue weighted by Crippen LogP contribution is 2.11. The van der Waals surface area contributed by atoms with Crippen LogP contribution in [-0.2, 0) is 16.0 Å². The number of esters is 1. The lowest BCUT2D eigenvalue weighted by atomic mass is 10.2. The number of aliphatic hydroxyl groups is 1. The van der Waals surface area contributed by atoms with Crippen LogP contribution in [0.3, 0.4) is 0 Å². The molecule has 5 heteroatoms. The summed E-state index contributed by atoms with van der Waals surface area (Å²) in [5, 5.41) is 14.2. The van der Waals surface area contributed by atoms with Crippen LogP contribution in [-0.4, -0.2) is 36.4 Å². The largest absolute Gasteiger partial charge is 0.464 e. The maximum atomic E-state index is 11.5. The van der Waals surface area contributed by atoms with E-state index in [0.717, 1.165) is 6.42 Å². The topological polar surface area (TPSA) is 58.6 Å². The molecule has 4 nitrogen and oxygen atoms in total. The van der Waals surface area contributed by atoms with Crippen LogP contribution in [0.4, 0.5) is 0 Å². The van der Waals surface area contributed by atoms with E-state index in [2.05, 4.69) is 5.32 Å². The van der Waals surface area contributed by atoms with E-state index >= 15 is 0 Å². The van der Waals surface area contributed by atoms with Crippen LogP contribution in [0.1, 0.15) is 11.3 Å². The number of carbonyl (C=O) groups excluding carboxylic acids is 1. The fourth-order valence-corrected chi connectivity index (χ4v) is 2.39. The van der Waals surface area contributed by atoms with Gasteiger partial charge >= 0.3 is 5.97 Å². The molecular formula is C11H15NO3S. The van der Waals surface area contributed by atoms with Crippen molar-refractivity contribution in [2.45, 2.75) is 25.0 Å². The highest BCUT2D eigenvalue weighted by atomic mass is 32.1. The van der Waals surface area contributed by atoms with Gasteiger partial charge in [0.2, 0.25) is 0 Å². The Balaban J connectivity index is 1.68. The van der Waals surface area contributed by atoms with Gasteiger partial charge in [-0.2, -0.15) is 0 Å². The van der Waals surface area contributed by atoms with E-state index in [1.165, 1.54) is 4.88 Å². The van der Waals surface area contributed by atoms with E-state index in [9.17, 15) is 9.90 Å². The second-order valence-electron chi connectivity index (χ2n) is 3.85. The van der Waals surface area contributed by atoms with Gasteiger partial charge in [0.05, 0.1) is 12.7 Å². The quantitative estimate of drug-likeness (QED) is 0.756. The van der Waals surface area contributed by atoms with Gasteiger partial charge in [-0.05, 0) is 11.4 Å². The van der Waals surface area contributed by atoms with Crippen LogP contribution in [0.25, 0.3) is 0 Å². The second kappa shape index (κ2) is 5.43. The van der Waals surface area contributed by atoms with Crippen molar-refractivity contribution >= 4 is 17.3 Å². The normalized spacial score (nSPS) is 24.6. The Hall–Kier alpha value is -0.910. The summed E-state index contributed by atoms with van der Waals surface area (Å²) in [5.41, 5.74) is 0. The van der Waals surface area contributed by atoms with E-state index in [4.69, 9.17) is 4.74 Å². The van der Waals surface area contributed by atoms with Gasteiger partial charge in [0.15, 0.2) is 0 Å². The first-order valence-electron chi connectivity index (χ1n) is 5.36. The number of hydrogen-bond donors (Lipinski definition) is 2. The molecule has 2 N–H and O–H groups in total. The predicted molar refractivity (Wildman–Crippen MR) is 61.4 cm³/mol. The molecule has 0 radical (unpaired) electrons. The zero-order valence-electron chi connectivity index (χ0n) is 8.89. The average Bonchev–Trinajstić information content (AvgIpc) is 2.89. The van der Waals surface area contributed by atoms with Crippen molar-refractivity contribution in [1.29, 1.82) is 0 Å². The van der Waals surface area contributed by atoms with E-state index in [0.29, 0.717) is 19.6 Å². The first-order chi connectivity index (χ1) is 7.75. The van der Waals surface area contributed by atoms with Gasteiger partial charge in [-0.1, -0.05) is 6.07 Å². The summed E-state index contributed by atoms with van der Waals surface area (Å²) in [7, 11) is 0. The number of β-amino-alcohol motifs (C(OH)–C–C–N with tert-alkyl or cyclic N) is 1. The molecule has 0 aliphatic carbocycles. The molecule has 1 unspecified atom stereocenters. The lowest BCUT2D eigenvalue weighted by Gasteiger charge is -2.09. The molecule has 0 bridgehead atoms. The average molecular weight is 241 g/mol. The molecule has 88 valence electrons. The van der Waals surface area contributed by atoms with Gasteiger partial charge in [-0.15, -0.1) is 11.3 Å². The molecule has 1 aromatic rings. The molecule has 2 heterocycles. The minimum Gasteiger partial charge on any atom is -0.464 e. The van der Waals surface area contributed by atoms with Crippen molar-refractivity contribution in [3.05, 3.63) is 22.4 Å². The number of rotatable bonds is 4. The Bertz CT molecular complexity index is 339. The molecule has 2 atom stereocenters. The zero-order chi connectivity index (χ0) is 11.4. The fourth-order valence-electron chi connectivity index (χ4n) is 1.70. The van der Waals surface area contributed by atoms with Gasteiger partial charge in [0, 0.05) is 24.3 Å².